The number of carbonyl (C=O) groups excluding carboxylic acids is 2. The zero-order valence-corrected chi connectivity index (χ0v) is 22.6. The van der Waals surface area contributed by atoms with Gasteiger partial charge in [-0.05, 0) is 87.2 Å². The number of hydrogen-bond donors (Lipinski definition) is 0. The quantitative estimate of drug-likeness (QED) is 0.378. The summed E-state index contributed by atoms with van der Waals surface area (Å²) in [6.45, 7) is 12.5. The van der Waals surface area contributed by atoms with Crippen LogP contribution in [-0.2, 0) is 20.6 Å². The van der Waals surface area contributed by atoms with Crippen LogP contribution in [0.25, 0.3) is 11.1 Å². The number of ether oxygens (including phenoxy) is 4. The maximum atomic E-state index is 13.2. The van der Waals surface area contributed by atoms with Gasteiger partial charge in [0, 0.05) is 23.3 Å². The van der Waals surface area contributed by atoms with Crippen LogP contribution in [0.5, 0.6) is 5.75 Å². The lowest BCUT2D eigenvalue weighted by atomic mass is 9.98. The van der Waals surface area contributed by atoms with Gasteiger partial charge in [-0.15, -0.1) is 0 Å². The van der Waals surface area contributed by atoms with Crippen LogP contribution < -0.4 is 9.64 Å². The van der Waals surface area contributed by atoms with E-state index in [0.29, 0.717) is 17.7 Å². The average Bonchev–Trinajstić information content (AvgIpc) is 2.71. The molecule has 0 bridgehead atoms. The van der Waals surface area contributed by atoms with Crippen LogP contribution in [0.4, 0.5) is 15.4 Å². The van der Waals surface area contributed by atoms with Crippen molar-refractivity contribution >= 4 is 33.9 Å². The van der Waals surface area contributed by atoms with E-state index in [9.17, 15) is 9.59 Å². The summed E-state index contributed by atoms with van der Waals surface area (Å²) in [5, 5.41) is 0. The van der Waals surface area contributed by atoms with E-state index < -0.39 is 23.4 Å². The summed E-state index contributed by atoms with van der Waals surface area (Å²) in [5.41, 5.74) is 0.545. The Balaban J connectivity index is 2.70. The van der Waals surface area contributed by atoms with Crippen LogP contribution >= 0.6 is 15.9 Å². The Labute approximate surface area is 209 Å². The third-order valence-electron chi connectivity index (χ3n) is 4.32. The molecule has 0 unspecified atom stereocenters. The van der Waals surface area contributed by atoms with Crippen LogP contribution in [0.1, 0.15) is 54.0 Å². The molecule has 9 heteroatoms. The van der Waals surface area contributed by atoms with Gasteiger partial charge in [-0.25, -0.2) is 14.6 Å². The number of amides is 2. The van der Waals surface area contributed by atoms with Gasteiger partial charge in [0.15, 0.2) is 12.6 Å². The highest BCUT2D eigenvalue weighted by molar-refractivity contribution is 9.10. The topological polar surface area (TPSA) is 87.2 Å². The fourth-order valence-corrected chi connectivity index (χ4v) is 3.62. The molecule has 0 radical (unpaired) electrons. The average molecular weight is 537 g/mol. The first-order valence-electron chi connectivity index (χ1n) is 10.9. The Morgan fingerprint density at radius 1 is 0.971 bits per heavy atom. The summed E-state index contributed by atoms with van der Waals surface area (Å²) in [4.78, 5) is 31.8. The van der Waals surface area contributed by atoms with Gasteiger partial charge in [-0.3, -0.25) is 0 Å². The molecule has 1 heterocycles. The first-order chi connectivity index (χ1) is 15.8. The maximum Gasteiger partial charge on any atom is 0.425 e. The Bertz CT molecular complexity index is 982. The highest BCUT2D eigenvalue weighted by Gasteiger charge is 2.36. The van der Waals surface area contributed by atoms with E-state index in [1.54, 1.807) is 67.0 Å². The van der Waals surface area contributed by atoms with Crippen LogP contribution in [0, 0.1) is 0 Å². The normalized spacial score (nSPS) is 11.7. The molecule has 2 amide bonds. The number of imide groups is 1. The van der Waals surface area contributed by atoms with Crippen molar-refractivity contribution in [2.75, 3.05) is 18.8 Å². The van der Waals surface area contributed by atoms with Crippen LogP contribution in [0.2, 0.25) is 0 Å². The molecule has 0 fully saturated rings. The molecule has 186 valence electrons. The van der Waals surface area contributed by atoms with Crippen molar-refractivity contribution in [1.82, 2.24) is 4.98 Å². The molecular formula is C25H33BrN2O6. The van der Waals surface area contributed by atoms with Gasteiger partial charge in [0.05, 0.1) is 0 Å². The Morgan fingerprint density at radius 3 is 1.94 bits per heavy atom. The van der Waals surface area contributed by atoms with Crippen molar-refractivity contribution in [3.05, 3.63) is 40.5 Å². The number of nitrogens with zero attached hydrogens (tertiary/aromatic N) is 2. The van der Waals surface area contributed by atoms with Crippen molar-refractivity contribution < 1.29 is 28.5 Å². The number of anilines is 1. The van der Waals surface area contributed by atoms with Gasteiger partial charge in [0.2, 0.25) is 0 Å². The van der Waals surface area contributed by atoms with Gasteiger partial charge in [-0.1, -0.05) is 19.1 Å². The minimum atomic E-state index is -0.875. The third-order valence-corrected chi connectivity index (χ3v) is 5.00. The van der Waals surface area contributed by atoms with E-state index in [-0.39, 0.29) is 12.6 Å². The largest absolute Gasteiger partial charge is 0.468 e. The SMILES string of the molecule is CCc1c(Br)cnc(N(C(=O)OC(C)(C)C)C(=O)OC(C)(C)C)c1-c1ccc(OCOC)cc1. The molecule has 8 nitrogen and oxygen atoms in total. The number of carbonyl (C=O) groups is 2. The lowest BCUT2D eigenvalue weighted by Gasteiger charge is -2.29. The van der Waals surface area contributed by atoms with Gasteiger partial charge in [0.1, 0.15) is 17.0 Å². The summed E-state index contributed by atoms with van der Waals surface area (Å²) in [7, 11) is 1.54. The van der Waals surface area contributed by atoms with Crippen molar-refractivity contribution in [1.29, 1.82) is 0 Å². The predicted molar refractivity (Wildman–Crippen MR) is 134 cm³/mol. The molecule has 0 aliphatic heterocycles. The lowest BCUT2D eigenvalue weighted by Crippen LogP contribution is -2.44. The lowest BCUT2D eigenvalue weighted by molar-refractivity contribution is 0.0428. The number of methoxy groups -OCH3 is 1. The van der Waals surface area contributed by atoms with E-state index >= 15 is 0 Å². The number of benzene rings is 1. The predicted octanol–water partition coefficient (Wildman–Crippen LogP) is 6.73. The number of pyridine rings is 1. The van der Waals surface area contributed by atoms with Crippen molar-refractivity contribution in [3.8, 4) is 16.9 Å². The Morgan fingerprint density at radius 2 is 1.50 bits per heavy atom. The van der Waals surface area contributed by atoms with E-state index in [4.69, 9.17) is 18.9 Å². The standard InChI is InChI=1S/C25H33BrN2O6/c1-9-18-19(26)14-27-21(20(18)16-10-12-17(13-11-16)32-15-31-8)28(22(29)33-24(2,3)4)23(30)34-25(5,6)7/h10-14H,9,15H2,1-8H3. The highest BCUT2D eigenvalue weighted by Crippen LogP contribution is 2.38. The van der Waals surface area contributed by atoms with E-state index in [0.717, 1.165) is 20.5 Å². The molecule has 2 aromatic rings. The second kappa shape index (κ2) is 11.2. The molecule has 34 heavy (non-hydrogen) atoms. The second-order valence-electron chi connectivity index (χ2n) is 9.51. The fraction of sp³-hybridized carbons (Fsp3) is 0.480. The van der Waals surface area contributed by atoms with Crippen molar-refractivity contribution in [2.45, 2.75) is 66.1 Å². The van der Waals surface area contributed by atoms with Crippen molar-refractivity contribution in [3.63, 3.8) is 0 Å². The highest BCUT2D eigenvalue weighted by atomic mass is 79.9. The number of halogens is 1. The molecule has 0 saturated carbocycles. The zero-order chi connectivity index (χ0) is 25.7. The molecule has 0 spiro atoms. The minimum Gasteiger partial charge on any atom is -0.468 e. The van der Waals surface area contributed by atoms with Crippen LogP contribution in [-0.4, -0.2) is 42.3 Å². The molecule has 0 saturated heterocycles. The van der Waals surface area contributed by atoms with Gasteiger partial charge >= 0.3 is 12.2 Å². The minimum absolute atomic E-state index is 0.119. The van der Waals surface area contributed by atoms with Gasteiger partial charge in [0.25, 0.3) is 0 Å². The van der Waals surface area contributed by atoms with Gasteiger partial charge in [-0.2, -0.15) is 4.90 Å². The first-order valence-corrected chi connectivity index (χ1v) is 11.7. The maximum absolute atomic E-state index is 13.2. The first kappa shape index (κ1) is 27.6. The van der Waals surface area contributed by atoms with Gasteiger partial charge < -0.3 is 18.9 Å². The summed E-state index contributed by atoms with van der Waals surface area (Å²) < 4.78 is 22.3. The number of rotatable bonds is 6. The summed E-state index contributed by atoms with van der Waals surface area (Å²) in [6, 6.07) is 7.23. The Hall–Kier alpha value is -2.65. The molecule has 0 aliphatic rings. The molecule has 1 aromatic heterocycles. The van der Waals surface area contributed by atoms with Crippen molar-refractivity contribution in [2.24, 2.45) is 0 Å². The molecule has 0 aliphatic carbocycles. The molecule has 2 rings (SSSR count). The Kier molecular flexibility index (Phi) is 9.08. The zero-order valence-electron chi connectivity index (χ0n) is 21.0. The summed E-state index contributed by atoms with van der Waals surface area (Å²) >= 11 is 3.55. The fourth-order valence-electron chi connectivity index (χ4n) is 3.04. The molecule has 0 N–H and O–H groups in total. The molecule has 1 aromatic carbocycles. The van der Waals surface area contributed by atoms with E-state index in [1.807, 2.05) is 19.1 Å². The van der Waals surface area contributed by atoms with E-state index in [1.165, 1.54) is 0 Å². The number of hydrogen-bond acceptors (Lipinski definition) is 7. The summed E-state index contributed by atoms with van der Waals surface area (Å²) in [6.07, 6.45) is 0.430. The monoisotopic (exact) mass is 536 g/mol. The summed E-state index contributed by atoms with van der Waals surface area (Å²) in [5.74, 6) is 0.735. The number of aromatic nitrogens is 1. The van der Waals surface area contributed by atoms with E-state index in [2.05, 4.69) is 20.9 Å². The smallest absolute Gasteiger partial charge is 0.425 e. The molecular weight excluding hydrogens is 504 g/mol. The van der Waals surface area contributed by atoms with Crippen LogP contribution in [0.3, 0.4) is 0 Å². The third kappa shape index (κ3) is 7.43. The van der Waals surface area contributed by atoms with Crippen LogP contribution in [0.15, 0.2) is 34.9 Å². The second-order valence-corrected chi connectivity index (χ2v) is 10.4. The molecule has 0 atom stereocenters.